The molecule has 232 valence electrons. The summed E-state index contributed by atoms with van der Waals surface area (Å²) in [4.78, 5) is 28.7. The zero-order valence-corrected chi connectivity index (χ0v) is 27.2. The number of methoxy groups -OCH3 is 1. The molecule has 1 aliphatic heterocycles. The molecular formula is C35H35N3O5S2. The van der Waals surface area contributed by atoms with Gasteiger partial charge in [-0.15, -0.1) is 10.2 Å². The summed E-state index contributed by atoms with van der Waals surface area (Å²) in [5.74, 6) is 0.320. The lowest BCUT2D eigenvalue weighted by atomic mass is 9.95. The third kappa shape index (κ3) is 7.64. The molecule has 0 saturated carbocycles. The molecule has 3 aromatic carbocycles. The second kappa shape index (κ2) is 14.6. The van der Waals surface area contributed by atoms with Crippen molar-refractivity contribution < 1.29 is 24.2 Å². The van der Waals surface area contributed by atoms with Gasteiger partial charge in [-0.1, -0.05) is 109 Å². The van der Waals surface area contributed by atoms with E-state index in [1.54, 1.807) is 24.3 Å². The molecule has 8 nitrogen and oxygen atoms in total. The highest BCUT2D eigenvalue weighted by atomic mass is 32.2. The van der Waals surface area contributed by atoms with Crippen LogP contribution in [0.25, 0.3) is 6.08 Å². The summed E-state index contributed by atoms with van der Waals surface area (Å²) in [5, 5.41) is 20.1. The van der Waals surface area contributed by atoms with Gasteiger partial charge < -0.3 is 14.6 Å². The molecule has 1 unspecified atom stereocenters. The number of ether oxygens (including phenoxy) is 2. The largest absolute Gasteiger partial charge is 0.503 e. The van der Waals surface area contributed by atoms with Crippen LogP contribution in [0, 0.1) is 12.8 Å². The van der Waals surface area contributed by atoms with Crippen molar-refractivity contribution in [2.75, 3.05) is 18.6 Å². The number of aliphatic hydroxyl groups is 1. The van der Waals surface area contributed by atoms with Gasteiger partial charge in [-0.3, -0.25) is 14.5 Å². The Kier molecular flexibility index (Phi) is 10.4. The lowest BCUT2D eigenvalue weighted by Crippen LogP contribution is -2.30. The number of ketones is 1. The molecule has 0 saturated heterocycles. The highest BCUT2D eigenvalue weighted by molar-refractivity contribution is 8.00. The van der Waals surface area contributed by atoms with Gasteiger partial charge in [-0.2, -0.15) is 0 Å². The predicted molar refractivity (Wildman–Crippen MR) is 179 cm³/mol. The first kappa shape index (κ1) is 32.0. The number of hydrogen-bond acceptors (Lipinski definition) is 9. The number of aliphatic hydroxyl groups excluding tert-OH is 1. The number of rotatable bonds is 13. The van der Waals surface area contributed by atoms with E-state index in [-0.39, 0.29) is 10.7 Å². The molecule has 1 atom stereocenters. The number of hydrogen-bond donors (Lipinski definition) is 1. The van der Waals surface area contributed by atoms with Gasteiger partial charge in [0.2, 0.25) is 5.13 Å². The Bertz CT molecular complexity index is 1710. The third-order valence-electron chi connectivity index (χ3n) is 7.24. The second-order valence-corrected chi connectivity index (χ2v) is 13.2. The topological polar surface area (TPSA) is 102 Å². The van der Waals surface area contributed by atoms with Crippen LogP contribution in [0.2, 0.25) is 0 Å². The number of aromatic nitrogens is 2. The van der Waals surface area contributed by atoms with Crippen LogP contribution >= 0.6 is 23.1 Å². The first-order valence-corrected chi connectivity index (χ1v) is 16.4. The van der Waals surface area contributed by atoms with E-state index in [1.165, 1.54) is 46.7 Å². The maximum absolute atomic E-state index is 13.7. The van der Waals surface area contributed by atoms with Crippen molar-refractivity contribution in [3.8, 4) is 11.5 Å². The molecule has 0 aliphatic carbocycles. The zero-order chi connectivity index (χ0) is 31.9. The van der Waals surface area contributed by atoms with Crippen molar-refractivity contribution in [2.45, 2.75) is 43.3 Å². The van der Waals surface area contributed by atoms with Crippen LogP contribution in [-0.4, -0.2) is 40.7 Å². The summed E-state index contributed by atoms with van der Waals surface area (Å²) in [7, 11) is 1.54. The molecule has 4 aromatic rings. The number of amides is 1. The smallest absolute Gasteiger partial charge is 0.296 e. The fourth-order valence-corrected chi connectivity index (χ4v) is 6.58. The number of carbonyl (C=O) groups is 2. The maximum Gasteiger partial charge on any atom is 0.296 e. The zero-order valence-electron chi connectivity index (χ0n) is 25.6. The Hall–Kier alpha value is -4.41. The van der Waals surface area contributed by atoms with Crippen LogP contribution in [0.1, 0.15) is 48.6 Å². The molecule has 0 radical (unpaired) electrons. The SMILES string of the molecule is COc1cc(C2C(C(=O)/C=C/c3ccccc3)=C(O)C(=O)N2c2nnc(SCc3ccc(C)cc3)s2)ccc1OCCC(C)C. The summed E-state index contributed by atoms with van der Waals surface area (Å²) >= 11 is 2.74. The Balaban J connectivity index is 1.48. The van der Waals surface area contributed by atoms with Crippen molar-refractivity contribution in [3.63, 3.8) is 0 Å². The summed E-state index contributed by atoms with van der Waals surface area (Å²) in [6, 6.07) is 21.9. The molecule has 0 fully saturated rings. The number of allylic oxidation sites excluding steroid dienone is 1. The summed E-state index contributed by atoms with van der Waals surface area (Å²) in [5.41, 5.74) is 3.64. The van der Waals surface area contributed by atoms with Gasteiger partial charge in [-0.25, -0.2) is 0 Å². The van der Waals surface area contributed by atoms with Gasteiger partial charge >= 0.3 is 0 Å². The standard InChI is InChI=1S/C35H35N3O5S2/c1-22(2)18-19-43-28-17-15-26(20-29(28)42-4)31-30(27(39)16-14-24-8-6-5-7-9-24)32(40)33(41)38(31)34-36-37-35(45-34)44-21-25-12-10-23(3)11-13-25/h5-17,20,22,31,40H,18-19,21H2,1-4H3/b16-14+. The summed E-state index contributed by atoms with van der Waals surface area (Å²) in [6.45, 7) is 6.81. The quantitative estimate of drug-likeness (QED) is 0.0898. The van der Waals surface area contributed by atoms with Crippen LogP contribution in [0.4, 0.5) is 5.13 Å². The van der Waals surface area contributed by atoms with E-state index in [9.17, 15) is 14.7 Å². The van der Waals surface area contributed by atoms with E-state index in [4.69, 9.17) is 9.47 Å². The minimum atomic E-state index is -0.966. The van der Waals surface area contributed by atoms with Crippen molar-refractivity contribution in [2.24, 2.45) is 5.92 Å². The van der Waals surface area contributed by atoms with E-state index in [1.807, 2.05) is 37.3 Å². The normalized spacial score (nSPS) is 15.0. The Morgan fingerprint density at radius 3 is 2.53 bits per heavy atom. The van der Waals surface area contributed by atoms with Crippen molar-refractivity contribution in [1.82, 2.24) is 10.2 Å². The molecule has 10 heteroatoms. The van der Waals surface area contributed by atoms with Gasteiger partial charge in [0.15, 0.2) is 27.4 Å². The predicted octanol–water partition coefficient (Wildman–Crippen LogP) is 7.75. The van der Waals surface area contributed by atoms with Crippen LogP contribution < -0.4 is 14.4 Å². The van der Waals surface area contributed by atoms with Gasteiger partial charge in [0.1, 0.15) is 0 Å². The van der Waals surface area contributed by atoms with Gasteiger partial charge in [0, 0.05) is 5.75 Å². The van der Waals surface area contributed by atoms with Crippen molar-refractivity contribution in [1.29, 1.82) is 0 Å². The van der Waals surface area contributed by atoms with Gasteiger partial charge in [-0.05, 0) is 54.2 Å². The number of carbonyl (C=O) groups excluding carboxylic acids is 2. The molecule has 1 aliphatic rings. The van der Waals surface area contributed by atoms with Crippen LogP contribution in [0.5, 0.6) is 11.5 Å². The summed E-state index contributed by atoms with van der Waals surface area (Å²) in [6.07, 6.45) is 3.90. The number of benzene rings is 3. The lowest BCUT2D eigenvalue weighted by molar-refractivity contribution is -0.117. The third-order valence-corrected chi connectivity index (χ3v) is 9.37. The molecule has 45 heavy (non-hydrogen) atoms. The Labute approximate surface area is 271 Å². The first-order valence-electron chi connectivity index (χ1n) is 14.6. The van der Waals surface area contributed by atoms with Crippen LogP contribution in [0.3, 0.4) is 0 Å². The van der Waals surface area contributed by atoms with Crippen molar-refractivity contribution in [3.05, 3.63) is 112 Å². The highest BCUT2D eigenvalue weighted by Crippen LogP contribution is 2.45. The minimum absolute atomic E-state index is 0.0493. The molecule has 1 aromatic heterocycles. The first-order chi connectivity index (χ1) is 21.7. The number of nitrogens with zero attached hydrogens (tertiary/aromatic N) is 3. The maximum atomic E-state index is 13.7. The van der Waals surface area contributed by atoms with Crippen LogP contribution in [0.15, 0.2) is 94.5 Å². The van der Waals surface area contributed by atoms with E-state index in [0.717, 1.165) is 17.5 Å². The molecule has 1 amide bonds. The van der Waals surface area contributed by atoms with Crippen LogP contribution in [-0.2, 0) is 15.3 Å². The lowest BCUT2D eigenvalue weighted by Gasteiger charge is -2.24. The van der Waals surface area contributed by atoms with E-state index < -0.39 is 23.5 Å². The number of anilines is 1. The average Bonchev–Trinajstić information content (AvgIpc) is 3.61. The Morgan fingerprint density at radius 2 is 1.82 bits per heavy atom. The summed E-state index contributed by atoms with van der Waals surface area (Å²) < 4.78 is 12.3. The second-order valence-electron chi connectivity index (χ2n) is 11.0. The van der Waals surface area contributed by atoms with Gasteiger partial charge in [0.25, 0.3) is 5.91 Å². The molecule has 2 heterocycles. The van der Waals surface area contributed by atoms with E-state index in [2.05, 4.69) is 48.3 Å². The average molecular weight is 642 g/mol. The number of thioether (sulfide) groups is 1. The molecular weight excluding hydrogens is 607 g/mol. The molecule has 0 bridgehead atoms. The molecule has 5 rings (SSSR count). The van der Waals surface area contributed by atoms with Gasteiger partial charge in [0.05, 0.1) is 25.3 Å². The van der Waals surface area contributed by atoms with E-state index in [0.29, 0.717) is 39.7 Å². The monoisotopic (exact) mass is 641 g/mol. The Morgan fingerprint density at radius 1 is 1.07 bits per heavy atom. The fourth-order valence-electron chi connectivity index (χ4n) is 4.76. The highest BCUT2D eigenvalue weighted by Gasteiger charge is 2.45. The number of aryl methyl sites for hydroxylation is 1. The minimum Gasteiger partial charge on any atom is -0.503 e. The van der Waals surface area contributed by atoms with E-state index >= 15 is 0 Å². The molecule has 1 N–H and O–H groups in total. The van der Waals surface area contributed by atoms with Crippen molar-refractivity contribution >= 4 is 46.0 Å². The fraction of sp³-hybridized carbons (Fsp3) is 0.257. The molecule has 0 spiro atoms.